The van der Waals surface area contributed by atoms with E-state index in [9.17, 15) is 4.21 Å². The van der Waals surface area contributed by atoms with Gasteiger partial charge < -0.3 is 4.98 Å². The molecule has 3 aromatic rings. The third-order valence-corrected chi connectivity index (χ3v) is 5.41. The molecule has 0 fully saturated rings. The molecule has 0 bridgehead atoms. The molecule has 2 heterocycles. The van der Waals surface area contributed by atoms with E-state index in [2.05, 4.69) is 20.8 Å². The van der Waals surface area contributed by atoms with Crippen LogP contribution in [0.4, 0.5) is 5.69 Å². The van der Waals surface area contributed by atoms with Gasteiger partial charge in [0.15, 0.2) is 16.0 Å². The van der Waals surface area contributed by atoms with Crippen molar-refractivity contribution in [3.63, 3.8) is 0 Å². The molecule has 1 aromatic carbocycles. The lowest BCUT2D eigenvalue weighted by atomic mass is 10.1. The van der Waals surface area contributed by atoms with Crippen LogP contribution in [0.5, 0.6) is 0 Å². The minimum absolute atomic E-state index is 0.269. The molecule has 0 aliphatic heterocycles. The number of thiazole rings is 1. The van der Waals surface area contributed by atoms with Gasteiger partial charge in [-0.25, -0.2) is 9.19 Å². The van der Waals surface area contributed by atoms with E-state index in [1.165, 1.54) is 6.20 Å². The van der Waals surface area contributed by atoms with Gasteiger partial charge in [0.05, 0.1) is 23.0 Å². The number of hydrogen-bond donors (Lipinski definition) is 2. The maximum absolute atomic E-state index is 12.3. The first-order chi connectivity index (χ1) is 10.6. The Balaban J connectivity index is 2.00. The van der Waals surface area contributed by atoms with Crippen LogP contribution < -0.4 is 4.72 Å². The fraction of sp³-hybridized carbons (Fsp3) is 0.0714. The summed E-state index contributed by atoms with van der Waals surface area (Å²) in [4.78, 5) is 6.90. The summed E-state index contributed by atoms with van der Waals surface area (Å²) in [5, 5.41) is 19.0. The fourth-order valence-corrected chi connectivity index (χ4v) is 3.87. The van der Waals surface area contributed by atoms with Crippen LogP contribution in [0.1, 0.15) is 16.1 Å². The van der Waals surface area contributed by atoms with Crippen LogP contribution in [0, 0.1) is 29.6 Å². The van der Waals surface area contributed by atoms with Crippen molar-refractivity contribution in [2.45, 2.75) is 11.1 Å². The lowest BCUT2D eigenvalue weighted by Crippen LogP contribution is -2.03. The van der Waals surface area contributed by atoms with Gasteiger partial charge in [-0.15, -0.1) is 0 Å². The number of nitriles is 2. The molecule has 2 aromatic heterocycles. The molecular formula is C14H9N5OS2. The quantitative estimate of drug-likeness (QED) is 0.771. The highest BCUT2D eigenvalue weighted by Crippen LogP contribution is 2.29. The van der Waals surface area contributed by atoms with Gasteiger partial charge in [-0.2, -0.15) is 10.5 Å². The van der Waals surface area contributed by atoms with Crippen molar-refractivity contribution in [1.29, 1.82) is 10.5 Å². The molecule has 22 heavy (non-hydrogen) atoms. The number of nitrogens with one attached hydrogen (secondary N) is 2. The van der Waals surface area contributed by atoms with Gasteiger partial charge in [0.2, 0.25) is 0 Å². The van der Waals surface area contributed by atoms with Crippen molar-refractivity contribution >= 4 is 38.9 Å². The molecule has 0 saturated heterocycles. The lowest BCUT2D eigenvalue weighted by molar-refractivity contribution is 0.687. The number of fused-ring (bicyclic) bond motifs is 1. The summed E-state index contributed by atoms with van der Waals surface area (Å²) in [5.74, 6) is 0. The van der Waals surface area contributed by atoms with Crippen molar-refractivity contribution in [1.82, 2.24) is 9.97 Å². The molecule has 1 atom stereocenters. The van der Waals surface area contributed by atoms with E-state index in [0.717, 1.165) is 27.8 Å². The first-order valence-corrected chi connectivity index (χ1v) is 8.16. The number of aromatic amines is 1. The highest BCUT2D eigenvalue weighted by atomic mass is 32.2. The number of benzene rings is 1. The van der Waals surface area contributed by atoms with Crippen LogP contribution in [0.15, 0.2) is 28.7 Å². The summed E-state index contributed by atoms with van der Waals surface area (Å²) in [6.07, 6.45) is 3.05. The second kappa shape index (κ2) is 5.60. The van der Waals surface area contributed by atoms with Crippen molar-refractivity contribution in [2.75, 3.05) is 4.72 Å². The number of rotatable bonds is 3. The molecule has 6 nitrogen and oxygen atoms in total. The average Bonchev–Trinajstić information content (AvgIpc) is 3.16. The van der Waals surface area contributed by atoms with E-state index in [0.29, 0.717) is 15.5 Å². The van der Waals surface area contributed by atoms with E-state index < -0.39 is 11.0 Å². The molecule has 0 radical (unpaired) electrons. The minimum atomic E-state index is -1.52. The summed E-state index contributed by atoms with van der Waals surface area (Å²) in [6, 6.07) is 7.72. The second-order valence-corrected chi connectivity index (χ2v) is 6.93. The van der Waals surface area contributed by atoms with Gasteiger partial charge in [-0.3, -0.25) is 4.72 Å². The van der Waals surface area contributed by atoms with Crippen molar-refractivity contribution in [3.05, 3.63) is 40.7 Å². The van der Waals surface area contributed by atoms with Gasteiger partial charge in [-0.05, 0) is 18.6 Å². The Morgan fingerprint density at radius 1 is 1.36 bits per heavy atom. The predicted molar refractivity (Wildman–Crippen MR) is 84.6 cm³/mol. The normalized spacial score (nSPS) is 11.8. The average molecular weight is 327 g/mol. The molecule has 0 aliphatic carbocycles. The summed E-state index contributed by atoms with van der Waals surface area (Å²) in [7, 11) is -1.52. The number of aryl methyl sites for hydroxylation is 1. The largest absolute Gasteiger partial charge is 0.358 e. The Hall–Kier alpha value is -2.68. The first kappa shape index (κ1) is 14.3. The summed E-state index contributed by atoms with van der Waals surface area (Å²) >= 11 is 1.08. The molecule has 3 rings (SSSR count). The highest BCUT2D eigenvalue weighted by molar-refractivity contribution is 7.88. The Labute approximate surface area is 132 Å². The van der Waals surface area contributed by atoms with Gasteiger partial charge in [0, 0.05) is 11.6 Å². The lowest BCUT2D eigenvalue weighted by Gasteiger charge is -2.07. The molecule has 8 heteroatoms. The topological polar surface area (TPSA) is 105 Å². The van der Waals surface area contributed by atoms with Crippen molar-refractivity contribution in [2.24, 2.45) is 0 Å². The second-order valence-electron chi connectivity index (χ2n) is 4.46. The van der Waals surface area contributed by atoms with Crippen LogP contribution in [0.2, 0.25) is 0 Å². The van der Waals surface area contributed by atoms with Gasteiger partial charge in [-0.1, -0.05) is 17.4 Å². The van der Waals surface area contributed by atoms with Crippen molar-refractivity contribution < 1.29 is 4.21 Å². The van der Waals surface area contributed by atoms with Crippen molar-refractivity contribution in [3.8, 4) is 12.1 Å². The molecule has 0 aliphatic rings. The number of nitrogens with zero attached hydrogens (tertiary/aromatic N) is 3. The number of H-pyrrole nitrogens is 1. The Morgan fingerprint density at radius 2 is 2.18 bits per heavy atom. The van der Waals surface area contributed by atoms with E-state index in [1.807, 2.05) is 19.1 Å². The van der Waals surface area contributed by atoms with Crippen LogP contribution in [0.3, 0.4) is 0 Å². The third kappa shape index (κ3) is 2.35. The predicted octanol–water partition coefficient (Wildman–Crippen LogP) is 2.81. The zero-order valence-corrected chi connectivity index (χ0v) is 13.0. The Bertz CT molecular complexity index is 973. The first-order valence-electron chi connectivity index (χ1n) is 6.19. The third-order valence-electron chi connectivity index (χ3n) is 3.13. The van der Waals surface area contributed by atoms with E-state index in [-0.39, 0.29) is 5.01 Å². The summed E-state index contributed by atoms with van der Waals surface area (Å²) in [6.45, 7) is 1.92. The van der Waals surface area contributed by atoms with Crippen LogP contribution in [0.25, 0.3) is 10.9 Å². The Morgan fingerprint density at radius 3 is 2.86 bits per heavy atom. The highest BCUT2D eigenvalue weighted by Gasteiger charge is 2.14. The smallest absolute Gasteiger partial charge is 0.195 e. The molecule has 0 saturated carbocycles. The molecule has 1 unspecified atom stereocenters. The SMILES string of the molecule is Cc1ccc(NS(=O)c2cnc(C#N)s2)c2[nH]cc(C#N)c12. The molecule has 2 N–H and O–H groups in total. The Kier molecular flexibility index (Phi) is 3.63. The zero-order chi connectivity index (χ0) is 15.7. The molecule has 108 valence electrons. The fourth-order valence-electron chi connectivity index (χ4n) is 2.14. The standard InChI is InChI=1S/C14H9N5OS2/c1-8-2-3-10(14-13(8)9(4-15)6-18-14)19-22(20)12-7-17-11(5-16)21-12/h2-3,6-7,18-19H,1H3. The summed E-state index contributed by atoms with van der Waals surface area (Å²) in [5.41, 5.74) is 2.88. The number of aromatic nitrogens is 2. The minimum Gasteiger partial charge on any atom is -0.358 e. The molecular weight excluding hydrogens is 318 g/mol. The molecule has 0 amide bonds. The van der Waals surface area contributed by atoms with E-state index in [1.54, 1.807) is 12.3 Å². The van der Waals surface area contributed by atoms with Crippen LogP contribution in [-0.2, 0) is 11.0 Å². The van der Waals surface area contributed by atoms with E-state index >= 15 is 0 Å². The van der Waals surface area contributed by atoms with Gasteiger partial charge >= 0.3 is 0 Å². The summed E-state index contributed by atoms with van der Waals surface area (Å²) < 4.78 is 15.7. The van der Waals surface area contributed by atoms with Gasteiger partial charge in [0.25, 0.3) is 0 Å². The number of hydrogen-bond acceptors (Lipinski definition) is 5. The van der Waals surface area contributed by atoms with E-state index in [4.69, 9.17) is 10.5 Å². The maximum atomic E-state index is 12.3. The number of anilines is 1. The van der Waals surface area contributed by atoms with Crippen LogP contribution in [-0.4, -0.2) is 14.2 Å². The zero-order valence-electron chi connectivity index (χ0n) is 11.4. The van der Waals surface area contributed by atoms with Crippen LogP contribution >= 0.6 is 11.3 Å². The van der Waals surface area contributed by atoms with Gasteiger partial charge in [0.1, 0.15) is 16.3 Å². The monoisotopic (exact) mass is 327 g/mol. The molecule has 0 spiro atoms. The maximum Gasteiger partial charge on any atom is 0.195 e.